The van der Waals surface area contributed by atoms with Crippen molar-refractivity contribution in [1.82, 2.24) is 5.32 Å². The van der Waals surface area contributed by atoms with Crippen LogP contribution in [0.2, 0.25) is 0 Å². The number of aliphatic hydroxyl groups is 2. The third-order valence-electron chi connectivity index (χ3n) is 5.21. The summed E-state index contributed by atoms with van der Waals surface area (Å²) in [6, 6.07) is 18.6. The third-order valence-corrected chi connectivity index (χ3v) is 5.21. The number of hydrogen-bond acceptors (Lipinski definition) is 7. The Bertz CT molecular complexity index is 1010. The van der Waals surface area contributed by atoms with Crippen LogP contribution in [0.25, 0.3) is 0 Å². The van der Waals surface area contributed by atoms with Gasteiger partial charge in [-0.1, -0.05) is 18.2 Å². The molecule has 5 N–H and O–H groups in total. The largest absolute Gasteiger partial charge is 0.508 e. The van der Waals surface area contributed by atoms with Crippen molar-refractivity contribution in [3.63, 3.8) is 0 Å². The van der Waals surface area contributed by atoms with Crippen LogP contribution in [-0.2, 0) is 13.0 Å². The lowest BCUT2D eigenvalue weighted by Gasteiger charge is -2.14. The number of anilines is 2. The van der Waals surface area contributed by atoms with Crippen molar-refractivity contribution in [2.75, 3.05) is 32.6 Å². The van der Waals surface area contributed by atoms with E-state index < -0.39 is 6.10 Å². The molecule has 0 aliphatic heterocycles. The first kappa shape index (κ1) is 23.4. The molecule has 0 amide bonds. The van der Waals surface area contributed by atoms with Crippen molar-refractivity contribution in [2.24, 2.45) is 0 Å². The molecule has 0 saturated heterocycles. The minimum atomic E-state index is -0.714. The Labute approximate surface area is 188 Å². The monoisotopic (exact) mass is 438 g/mol. The second-order valence-corrected chi connectivity index (χ2v) is 7.41. The van der Waals surface area contributed by atoms with E-state index in [9.17, 15) is 15.3 Å². The van der Waals surface area contributed by atoms with Gasteiger partial charge in [0.15, 0.2) is 11.5 Å². The predicted molar refractivity (Wildman–Crippen MR) is 125 cm³/mol. The first-order valence-electron chi connectivity index (χ1n) is 10.4. The van der Waals surface area contributed by atoms with E-state index in [1.54, 1.807) is 26.4 Å². The summed E-state index contributed by atoms with van der Waals surface area (Å²) in [6.45, 7) is 0.829. The summed E-state index contributed by atoms with van der Waals surface area (Å²) >= 11 is 0. The van der Waals surface area contributed by atoms with Gasteiger partial charge in [-0.25, -0.2) is 0 Å². The lowest BCUT2D eigenvalue weighted by Crippen LogP contribution is -2.23. The standard InChI is InChI=1S/C25H30N2O5/c1-31-24-10-8-21(14-25(24)32-2)27-20-6-3-17(4-7-20)11-12-26-15-23(30)18-5-9-22(29)19(13-18)16-28/h3-10,13-14,23,26-30H,11-12,15-16H2,1-2H3. The lowest BCUT2D eigenvalue weighted by molar-refractivity contribution is 0.174. The van der Waals surface area contributed by atoms with Gasteiger partial charge in [0.25, 0.3) is 0 Å². The van der Waals surface area contributed by atoms with Gasteiger partial charge in [-0.2, -0.15) is 0 Å². The smallest absolute Gasteiger partial charge is 0.162 e. The van der Waals surface area contributed by atoms with Crippen LogP contribution in [0.5, 0.6) is 17.2 Å². The quantitative estimate of drug-likeness (QED) is 0.292. The van der Waals surface area contributed by atoms with Gasteiger partial charge in [0.2, 0.25) is 0 Å². The van der Waals surface area contributed by atoms with Crippen molar-refractivity contribution >= 4 is 11.4 Å². The predicted octanol–water partition coefficient (Wildman–Crippen LogP) is 3.51. The van der Waals surface area contributed by atoms with Crippen molar-refractivity contribution in [3.05, 3.63) is 77.4 Å². The zero-order chi connectivity index (χ0) is 22.9. The van der Waals surface area contributed by atoms with Crippen LogP contribution in [0.15, 0.2) is 60.7 Å². The fourth-order valence-corrected chi connectivity index (χ4v) is 3.36. The fraction of sp³-hybridized carbons (Fsp3) is 0.280. The molecule has 1 unspecified atom stereocenters. The number of phenols is 1. The van der Waals surface area contributed by atoms with E-state index in [0.717, 1.165) is 17.8 Å². The van der Waals surface area contributed by atoms with E-state index in [1.807, 2.05) is 30.3 Å². The van der Waals surface area contributed by atoms with Crippen LogP contribution in [0.4, 0.5) is 11.4 Å². The number of aliphatic hydroxyl groups excluding tert-OH is 2. The van der Waals surface area contributed by atoms with E-state index in [2.05, 4.69) is 22.8 Å². The van der Waals surface area contributed by atoms with Crippen molar-refractivity contribution < 1.29 is 24.8 Å². The molecule has 0 aromatic heterocycles. The van der Waals surface area contributed by atoms with Crippen LogP contribution >= 0.6 is 0 Å². The summed E-state index contributed by atoms with van der Waals surface area (Å²) < 4.78 is 10.6. The molecule has 0 saturated carbocycles. The minimum absolute atomic E-state index is 0.0282. The highest BCUT2D eigenvalue weighted by Gasteiger charge is 2.10. The van der Waals surface area contributed by atoms with E-state index >= 15 is 0 Å². The van der Waals surface area contributed by atoms with Crippen molar-refractivity contribution in [1.29, 1.82) is 0 Å². The highest BCUT2D eigenvalue weighted by atomic mass is 16.5. The SMILES string of the molecule is COc1ccc(Nc2ccc(CCNCC(O)c3ccc(O)c(CO)c3)cc2)cc1OC. The number of rotatable bonds is 11. The first-order chi connectivity index (χ1) is 15.5. The fourth-order valence-electron chi connectivity index (χ4n) is 3.36. The first-order valence-corrected chi connectivity index (χ1v) is 10.4. The summed E-state index contributed by atoms with van der Waals surface area (Å²) in [5, 5.41) is 35.8. The molecule has 7 heteroatoms. The van der Waals surface area contributed by atoms with E-state index in [-0.39, 0.29) is 12.4 Å². The normalized spacial score (nSPS) is 11.8. The maximum absolute atomic E-state index is 10.3. The van der Waals surface area contributed by atoms with E-state index in [1.165, 1.54) is 11.6 Å². The maximum atomic E-state index is 10.3. The molecule has 0 heterocycles. The number of aromatic hydroxyl groups is 1. The molecule has 170 valence electrons. The maximum Gasteiger partial charge on any atom is 0.162 e. The van der Waals surface area contributed by atoms with E-state index in [4.69, 9.17) is 9.47 Å². The molecule has 32 heavy (non-hydrogen) atoms. The Morgan fingerprint density at radius 2 is 1.59 bits per heavy atom. The number of methoxy groups -OCH3 is 2. The molecule has 0 aliphatic rings. The molecule has 3 aromatic carbocycles. The van der Waals surface area contributed by atoms with Gasteiger partial charge < -0.3 is 35.4 Å². The molecule has 7 nitrogen and oxygen atoms in total. The zero-order valence-electron chi connectivity index (χ0n) is 18.3. The minimum Gasteiger partial charge on any atom is -0.508 e. The van der Waals surface area contributed by atoms with Gasteiger partial charge in [0.05, 0.1) is 26.9 Å². The molecule has 0 fully saturated rings. The van der Waals surface area contributed by atoms with Gasteiger partial charge in [-0.3, -0.25) is 0 Å². The summed E-state index contributed by atoms with van der Waals surface area (Å²) in [5.74, 6) is 1.38. The van der Waals surface area contributed by atoms with Crippen LogP contribution in [0, 0.1) is 0 Å². The van der Waals surface area contributed by atoms with Crippen LogP contribution in [0.1, 0.15) is 22.8 Å². The summed E-state index contributed by atoms with van der Waals surface area (Å²) in [5.41, 5.74) is 4.12. The van der Waals surface area contributed by atoms with Gasteiger partial charge in [-0.15, -0.1) is 0 Å². The average molecular weight is 439 g/mol. The Balaban J connectivity index is 1.47. The Morgan fingerprint density at radius 3 is 2.28 bits per heavy atom. The second kappa shape index (κ2) is 11.4. The van der Waals surface area contributed by atoms with Crippen molar-refractivity contribution in [3.8, 4) is 17.2 Å². The topological polar surface area (TPSA) is 103 Å². The molecule has 0 radical (unpaired) electrons. The average Bonchev–Trinajstić information content (AvgIpc) is 2.82. The lowest BCUT2D eigenvalue weighted by atomic mass is 10.1. The third kappa shape index (κ3) is 6.13. The Morgan fingerprint density at radius 1 is 0.875 bits per heavy atom. The summed E-state index contributed by atoms with van der Waals surface area (Å²) in [7, 11) is 3.22. The van der Waals surface area contributed by atoms with Gasteiger partial charge in [0.1, 0.15) is 5.75 Å². The van der Waals surface area contributed by atoms with Gasteiger partial charge in [0, 0.05) is 29.5 Å². The number of ether oxygens (including phenoxy) is 2. The molecule has 0 aliphatic carbocycles. The zero-order valence-corrected chi connectivity index (χ0v) is 18.3. The van der Waals surface area contributed by atoms with E-state index in [0.29, 0.717) is 35.7 Å². The van der Waals surface area contributed by atoms with Gasteiger partial charge in [-0.05, 0) is 60.5 Å². The van der Waals surface area contributed by atoms with Crippen molar-refractivity contribution in [2.45, 2.75) is 19.1 Å². The number of hydrogen-bond donors (Lipinski definition) is 5. The molecule has 1 atom stereocenters. The van der Waals surface area contributed by atoms with Crippen LogP contribution in [-0.4, -0.2) is 42.6 Å². The Kier molecular flexibility index (Phi) is 8.33. The second-order valence-electron chi connectivity index (χ2n) is 7.41. The Hall–Kier alpha value is -3.26. The molecule has 3 aromatic rings. The number of benzene rings is 3. The molecular weight excluding hydrogens is 408 g/mol. The number of nitrogens with one attached hydrogen (secondary N) is 2. The summed E-state index contributed by atoms with van der Waals surface area (Å²) in [4.78, 5) is 0. The molecule has 0 spiro atoms. The highest BCUT2D eigenvalue weighted by molar-refractivity contribution is 5.63. The molecular formula is C25H30N2O5. The van der Waals surface area contributed by atoms with Gasteiger partial charge >= 0.3 is 0 Å². The van der Waals surface area contributed by atoms with Crippen LogP contribution in [0.3, 0.4) is 0 Å². The molecule has 3 rings (SSSR count). The summed E-state index contributed by atoms with van der Waals surface area (Å²) in [6.07, 6.45) is 0.106. The van der Waals surface area contributed by atoms with Crippen LogP contribution < -0.4 is 20.1 Å². The molecule has 0 bridgehead atoms. The highest BCUT2D eigenvalue weighted by Crippen LogP contribution is 2.31.